The minimum absolute atomic E-state index is 0. The summed E-state index contributed by atoms with van der Waals surface area (Å²) in [6.07, 6.45) is 0.185. The number of para-hydroxylation sites is 1. The van der Waals surface area contributed by atoms with E-state index in [0.717, 1.165) is 26.2 Å². The third-order valence-corrected chi connectivity index (χ3v) is 4.99. The van der Waals surface area contributed by atoms with Gasteiger partial charge in [0.1, 0.15) is 6.04 Å². The lowest BCUT2D eigenvalue weighted by Gasteiger charge is -2.36. The first-order chi connectivity index (χ1) is 12.6. The van der Waals surface area contributed by atoms with Gasteiger partial charge in [-0.15, -0.1) is 24.8 Å². The van der Waals surface area contributed by atoms with Crippen LogP contribution < -0.4 is 15.5 Å². The van der Waals surface area contributed by atoms with Crippen molar-refractivity contribution in [3.8, 4) is 0 Å². The van der Waals surface area contributed by atoms with Crippen molar-refractivity contribution in [3.05, 3.63) is 30.3 Å². The molecule has 28 heavy (non-hydrogen) atoms. The van der Waals surface area contributed by atoms with Crippen LogP contribution in [-0.4, -0.2) is 74.7 Å². The minimum Gasteiger partial charge on any atom is -0.375 e. The number of carbonyl (C=O) groups is 2. The van der Waals surface area contributed by atoms with Crippen LogP contribution in [0, 0.1) is 0 Å². The number of nitrogens with zero attached hydrogens (tertiary/aromatic N) is 2. The fourth-order valence-corrected chi connectivity index (χ4v) is 3.44. The maximum Gasteiger partial charge on any atom is 0.239 e. The fraction of sp³-hybridized carbons (Fsp3) is 0.579. The van der Waals surface area contributed by atoms with E-state index in [1.807, 2.05) is 30.0 Å². The lowest BCUT2D eigenvalue weighted by Crippen LogP contribution is -2.55. The van der Waals surface area contributed by atoms with Crippen LogP contribution in [0.25, 0.3) is 0 Å². The number of halogens is 2. The van der Waals surface area contributed by atoms with Crippen LogP contribution in [0.5, 0.6) is 0 Å². The summed E-state index contributed by atoms with van der Waals surface area (Å²) < 4.78 is 5.48. The van der Waals surface area contributed by atoms with Crippen molar-refractivity contribution in [1.29, 1.82) is 0 Å². The first kappa shape index (κ1) is 24.5. The van der Waals surface area contributed by atoms with Gasteiger partial charge in [0, 0.05) is 51.4 Å². The number of carbonyl (C=O) groups excluding carboxylic acids is 2. The van der Waals surface area contributed by atoms with Gasteiger partial charge in [-0.2, -0.15) is 0 Å². The second-order valence-corrected chi connectivity index (χ2v) is 6.75. The number of hydrogen-bond donors (Lipinski definition) is 2. The van der Waals surface area contributed by atoms with Crippen LogP contribution >= 0.6 is 24.8 Å². The number of morpholine rings is 1. The number of piperazine rings is 1. The van der Waals surface area contributed by atoms with Gasteiger partial charge in [-0.1, -0.05) is 18.2 Å². The summed E-state index contributed by atoms with van der Waals surface area (Å²) in [5.41, 5.74) is 1.20. The lowest BCUT2D eigenvalue weighted by atomic mass is 10.1. The molecule has 0 saturated carbocycles. The average Bonchev–Trinajstić information content (AvgIpc) is 2.69. The average molecular weight is 433 g/mol. The number of rotatable bonds is 5. The molecule has 2 aliphatic heterocycles. The molecule has 0 unspecified atom stereocenters. The van der Waals surface area contributed by atoms with Gasteiger partial charge in [0.05, 0.1) is 12.7 Å². The van der Waals surface area contributed by atoms with E-state index >= 15 is 0 Å². The first-order valence-corrected chi connectivity index (χ1v) is 9.35. The molecule has 9 heteroatoms. The van der Waals surface area contributed by atoms with Crippen LogP contribution in [-0.2, 0) is 14.3 Å². The Bertz CT molecular complexity index is 612. The van der Waals surface area contributed by atoms with Crippen LogP contribution in [0.2, 0.25) is 0 Å². The van der Waals surface area contributed by atoms with Crippen molar-refractivity contribution < 1.29 is 14.3 Å². The van der Waals surface area contributed by atoms with Crippen molar-refractivity contribution in [2.75, 3.05) is 50.8 Å². The molecule has 2 N–H and O–H groups in total. The zero-order valence-electron chi connectivity index (χ0n) is 16.1. The summed E-state index contributed by atoms with van der Waals surface area (Å²) in [4.78, 5) is 28.7. The standard InChI is InChI=1S/C19H28N4O3.2ClH/c1-15-18(20-9-14-26-15)19(25)21-8-7-17(24)23-12-10-22(11-13-23)16-5-3-2-4-6-16;;/h2-6,15,18,20H,7-14H2,1H3,(H,21,25);2*1H/t15-,18+;;/m1../s1. The van der Waals surface area contributed by atoms with E-state index in [1.54, 1.807) is 0 Å². The Morgan fingerprint density at radius 2 is 1.82 bits per heavy atom. The number of amides is 2. The topological polar surface area (TPSA) is 73.9 Å². The third kappa shape index (κ3) is 6.51. The highest BCUT2D eigenvalue weighted by atomic mass is 35.5. The van der Waals surface area contributed by atoms with Crippen molar-refractivity contribution >= 4 is 42.3 Å². The van der Waals surface area contributed by atoms with E-state index in [9.17, 15) is 9.59 Å². The number of nitrogens with one attached hydrogen (secondary N) is 2. The highest BCUT2D eigenvalue weighted by Crippen LogP contribution is 2.15. The molecule has 158 valence electrons. The Balaban J connectivity index is 0.00000196. The second-order valence-electron chi connectivity index (χ2n) is 6.75. The summed E-state index contributed by atoms with van der Waals surface area (Å²) in [7, 11) is 0. The SMILES string of the molecule is C[C@H]1OCCN[C@@H]1C(=O)NCCC(=O)N1CCN(c2ccccc2)CC1.Cl.Cl. The number of ether oxygens (including phenoxy) is 1. The van der Waals surface area contributed by atoms with Gasteiger partial charge in [0.2, 0.25) is 11.8 Å². The van der Waals surface area contributed by atoms with Crippen LogP contribution in [0.1, 0.15) is 13.3 Å². The van der Waals surface area contributed by atoms with E-state index in [1.165, 1.54) is 5.69 Å². The highest BCUT2D eigenvalue weighted by molar-refractivity contribution is 5.85. The Hall–Kier alpha value is -1.54. The Labute approximate surface area is 179 Å². The molecule has 2 atom stereocenters. The van der Waals surface area contributed by atoms with Gasteiger partial charge in [-0.25, -0.2) is 0 Å². The van der Waals surface area contributed by atoms with E-state index in [4.69, 9.17) is 4.74 Å². The minimum atomic E-state index is -0.340. The second kappa shape index (κ2) is 12.1. The maximum absolute atomic E-state index is 12.4. The maximum atomic E-state index is 12.4. The first-order valence-electron chi connectivity index (χ1n) is 9.35. The molecule has 2 fully saturated rings. The molecule has 1 aromatic carbocycles. The lowest BCUT2D eigenvalue weighted by molar-refractivity contribution is -0.132. The normalized spacial score (nSPS) is 21.9. The summed E-state index contributed by atoms with van der Waals surface area (Å²) in [6.45, 7) is 6.65. The molecule has 2 aliphatic rings. The highest BCUT2D eigenvalue weighted by Gasteiger charge is 2.28. The monoisotopic (exact) mass is 432 g/mol. The molecule has 1 aromatic rings. The van der Waals surface area contributed by atoms with Gasteiger partial charge < -0.3 is 25.2 Å². The zero-order chi connectivity index (χ0) is 18.4. The van der Waals surface area contributed by atoms with Crippen molar-refractivity contribution in [1.82, 2.24) is 15.5 Å². The predicted octanol–water partition coefficient (Wildman–Crippen LogP) is 1.06. The molecular formula is C19H30Cl2N4O3. The van der Waals surface area contributed by atoms with Gasteiger partial charge in [0.15, 0.2) is 0 Å². The summed E-state index contributed by atoms with van der Waals surface area (Å²) in [5.74, 6) is -0.00203. The van der Waals surface area contributed by atoms with Gasteiger partial charge in [0.25, 0.3) is 0 Å². The molecule has 0 aromatic heterocycles. The van der Waals surface area contributed by atoms with E-state index < -0.39 is 0 Å². The quantitative estimate of drug-likeness (QED) is 0.727. The third-order valence-electron chi connectivity index (χ3n) is 4.99. The van der Waals surface area contributed by atoms with Crippen LogP contribution in [0.4, 0.5) is 5.69 Å². The smallest absolute Gasteiger partial charge is 0.239 e. The van der Waals surface area contributed by atoms with Gasteiger partial charge in [-0.05, 0) is 19.1 Å². The molecule has 3 rings (SSSR count). The van der Waals surface area contributed by atoms with E-state index in [-0.39, 0.29) is 48.8 Å². The Morgan fingerprint density at radius 1 is 1.14 bits per heavy atom. The number of anilines is 1. The van der Waals surface area contributed by atoms with Crippen molar-refractivity contribution in [2.24, 2.45) is 0 Å². The van der Waals surface area contributed by atoms with Crippen molar-refractivity contribution in [2.45, 2.75) is 25.5 Å². The molecule has 2 saturated heterocycles. The molecule has 0 bridgehead atoms. The van der Waals surface area contributed by atoms with E-state index in [2.05, 4.69) is 27.7 Å². The molecular weight excluding hydrogens is 403 g/mol. The van der Waals surface area contributed by atoms with Gasteiger partial charge >= 0.3 is 0 Å². The predicted molar refractivity (Wildman–Crippen MR) is 115 cm³/mol. The Kier molecular flexibility index (Phi) is 10.6. The Morgan fingerprint density at radius 3 is 2.46 bits per heavy atom. The largest absolute Gasteiger partial charge is 0.375 e. The molecule has 7 nitrogen and oxygen atoms in total. The summed E-state index contributed by atoms with van der Waals surface area (Å²) >= 11 is 0. The van der Waals surface area contributed by atoms with Crippen molar-refractivity contribution in [3.63, 3.8) is 0 Å². The molecule has 2 heterocycles. The molecule has 0 aliphatic carbocycles. The van der Waals surface area contributed by atoms with Gasteiger partial charge in [-0.3, -0.25) is 9.59 Å². The zero-order valence-corrected chi connectivity index (χ0v) is 17.8. The fourth-order valence-electron chi connectivity index (χ4n) is 3.44. The van der Waals surface area contributed by atoms with E-state index in [0.29, 0.717) is 26.1 Å². The summed E-state index contributed by atoms with van der Waals surface area (Å²) in [6, 6.07) is 9.92. The molecule has 0 spiro atoms. The van der Waals surface area contributed by atoms with Crippen LogP contribution in [0.3, 0.4) is 0 Å². The van der Waals surface area contributed by atoms with Crippen LogP contribution in [0.15, 0.2) is 30.3 Å². The summed E-state index contributed by atoms with van der Waals surface area (Å²) in [5, 5.41) is 6.00. The number of hydrogen-bond acceptors (Lipinski definition) is 5. The number of benzene rings is 1. The molecule has 0 radical (unpaired) electrons. The molecule has 2 amide bonds.